The van der Waals surface area contributed by atoms with Crippen molar-refractivity contribution in [3.63, 3.8) is 0 Å². The second kappa shape index (κ2) is 6.40. The fraction of sp³-hybridized carbons (Fsp3) is 0.733. The van der Waals surface area contributed by atoms with Crippen LogP contribution in [0.5, 0.6) is 0 Å². The Labute approximate surface area is 120 Å². The minimum absolute atomic E-state index is 0.423. The molecule has 18 heavy (non-hydrogen) atoms. The van der Waals surface area contributed by atoms with Gasteiger partial charge in [0.15, 0.2) is 0 Å². The highest BCUT2D eigenvalue weighted by atomic mass is 35.5. The number of thiophene rings is 1. The van der Waals surface area contributed by atoms with E-state index in [0.29, 0.717) is 12.1 Å². The zero-order chi connectivity index (χ0) is 13.1. The van der Waals surface area contributed by atoms with Gasteiger partial charge >= 0.3 is 0 Å². The van der Waals surface area contributed by atoms with Crippen molar-refractivity contribution < 1.29 is 0 Å². The molecule has 1 saturated carbocycles. The van der Waals surface area contributed by atoms with E-state index in [4.69, 9.17) is 11.6 Å². The molecular weight excluding hydrogens is 262 g/mol. The Morgan fingerprint density at radius 1 is 1.22 bits per heavy atom. The fourth-order valence-electron chi connectivity index (χ4n) is 3.13. The quantitative estimate of drug-likeness (QED) is 0.795. The number of hydrogen-bond donors (Lipinski definition) is 1. The molecule has 0 radical (unpaired) electrons. The molecule has 0 spiro atoms. The molecule has 1 nitrogen and oxygen atoms in total. The molecular formula is C15H24ClNS. The van der Waals surface area contributed by atoms with Gasteiger partial charge in [-0.2, -0.15) is 0 Å². The predicted molar refractivity (Wildman–Crippen MR) is 81.5 cm³/mol. The summed E-state index contributed by atoms with van der Waals surface area (Å²) in [5.74, 6) is 1.61. The number of halogens is 1. The highest BCUT2D eigenvalue weighted by molar-refractivity contribution is 7.16. The van der Waals surface area contributed by atoms with Gasteiger partial charge in [0.05, 0.1) is 4.34 Å². The average Bonchev–Trinajstić information content (AvgIpc) is 2.76. The lowest BCUT2D eigenvalue weighted by Gasteiger charge is -2.36. The van der Waals surface area contributed by atoms with Crippen LogP contribution in [0.2, 0.25) is 4.34 Å². The Balaban J connectivity index is 1.98. The van der Waals surface area contributed by atoms with Crippen molar-refractivity contribution in [1.29, 1.82) is 0 Å². The van der Waals surface area contributed by atoms with Crippen LogP contribution in [-0.2, 0) is 0 Å². The first-order valence-corrected chi connectivity index (χ1v) is 8.28. The van der Waals surface area contributed by atoms with Gasteiger partial charge in [-0.25, -0.2) is 0 Å². The lowest BCUT2D eigenvalue weighted by molar-refractivity contribution is 0.195. The fourth-order valence-corrected chi connectivity index (χ4v) is 4.20. The number of nitrogens with one attached hydrogen (secondary N) is 1. The van der Waals surface area contributed by atoms with E-state index in [0.717, 1.165) is 16.2 Å². The smallest absolute Gasteiger partial charge is 0.0931 e. The Kier molecular flexibility index (Phi) is 5.11. The molecule has 0 aliphatic heterocycles. The van der Waals surface area contributed by atoms with Gasteiger partial charge in [0.2, 0.25) is 0 Å². The maximum atomic E-state index is 6.02. The summed E-state index contributed by atoms with van der Waals surface area (Å²) < 4.78 is 0.891. The van der Waals surface area contributed by atoms with Gasteiger partial charge in [0, 0.05) is 17.0 Å². The van der Waals surface area contributed by atoms with Crippen molar-refractivity contribution in [2.24, 2.45) is 11.8 Å². The molecule has 0 amide bonds. The SMILES string of the molecule is CC(NC1CCCCC1C(C)C)c1ccc(Cl)s1. The normalized spacial score (nSPS) is 26.5. The Morgan fingerprint density at radius 3 is 2.56 bits per heavy atom. The Bertz CT molecular complexity index is 374. The van der Waals surface area contributed by atoms with E-state index in [-0.39, 0.29) is 0 Å². The molecule has 3 unspecified atom stereocenters. The molecule has 3 atom stereocenters. The van der Waals surface area contributed by atoms with Gasteiger partial charge in [-0.3, -0.25) is 0 Å². The summed E-state index contributed by atoms with van der Waals surface area (Å²) in [5.41, 5.74) is 0. The minimum atomic E-state index is 0.423. The third-order valence-electron chi connectivity index (χ3n) is 4.16. The summed E-state index contributed by atoms with van der Waals surface area (Å²) in [7, 11) is 0. The van der Waals surface area contributed by atoms with Crippen LogP contribution < -0.4 is 5.32 Å². The first kappa shape index (κ1) is 14.4. The molecule has 1 aromatic heterocycles. The topological polar surface area (TPSA) is 12.0 Å². The van der Waals surface area contributed by atoms with Gasteiger partial charge in [-0.15, -0.1) is 11.3 Å². The van der Waals surface area contributed by atoms with Crippen molar-refractivity contribution in [3.05, 3.63) is 21.3 Å². The molecule has 1 aliphatic rings. The van der Waals surface area contributed by atoms with Crippen LogP contribution in [0.1, 0.15) is 57.4 Å². The largest absolute Gasteiger partial charge is 0.306 e. The first-order chi connectivity index (χ1) is 8.58. The van der Waals surface area contributed by atoms with Crippen molar-refractivity contribution in [1.82, 2.24) is 5.32 Å². The molecule has 3 heteroatoms. The Hall–Kier alpha value is -0.0500. The van der Waals surface area contributed by atoms with Gasteiger partial charge < -0.3 is 5.32 Å². The molecule has 1 N–H and O–H groups in total. The average molecular weight is 286 g/mol. The van der Waals surface area contributed by atoms with Crippen LogP contribution in [-0.4, -0.2) is 6.04 Å². The molecule has 1 aliphatic carbocycles. The Morgan fingerprint density at radius 2 is 1.94 bits per heavy atom. The molecule has 102 valence electrons. The summed E-state index contributed by atoms with van der Waals surface area (Å²) in [5, 5.41) is 3.83. The number of hydrogen-bond acceptors (Lipinski definition) is 2. The van der Waals surface area contributed by atoms with Crippen LogP contribution in [0.25, 0.3) is 0 Å². The molecule has 0 saturated heterocycles. The lowest BCUT2D eigenvalue weighted by Crippen LogP contribution is -2.41. The van der Waals surface area contributed by atoms with E-state index in [1.807, 2.05) is 6.07 Å². The van der Waals surface area contributed by atoms with E-state index in [9.17, 15) is 0 Å². The second-order valence-electron chi connectivity index (χ2n) is 5.83. The third kappa shape index (κ3) is 3.49. The molecule has 0 bridgehead atoms. The van der Waals surface area contributed by atoms with Gasteiger partial charge in [0.25, 0.3) is 0 Å². The predicted octanol–water partition coefficient (Wildman–Crippen LogP) is 5.27. The van der Waals surface area contributed by atoms with Crippen LogP contribution in [0, 0.1) is 11.8 Å². The van der Waals surface area contributed by atoms with Gasteiger partial charge in [-0.1, -0.05) is 38.3 Å². The first-order valence-electron chi connectivity index (χ1n) is 7.09. The summed E-state index contributed by atoms with van der Waals surface area (Å²) in [6, 6.07) is 5.25. The van der Waals surface area contributed by atoms with E-state index in [1.54, 1.807) is 11.3 Å². The lowest BCUT2D eigenvalue weighted by atomic mass is 9.77. The monoisotopic (exact) mass is 285 g/mol. The minimum Gasteiger partial charge on any atom is -0.306 e. The number of rotatable bonds is 4. The zero-order valence-corrected chi connectivity index (χ0v) is 13.2. The maximum Gasteiger partial charge on any atom is 0.0931 e. The van der Waals surface area contributed by atoms with E-state index in [1.165, 1.54) is 30.6 Å². The van der Waals surface area contributed by atoms with E-state index in [2.05, 4.69) is 32.2 Å². The van der Waals surface area contributed by atoms with Gasteiger partial charge in [0.1, 0.15) is 0 Å². The third-order valence-corrected chi connectivity index (χ3v) is 5.57. The van der Waals surface area contributed by atoms with Crippen molar-refractivity contribution in [3.8, 4) is 0 Å². The molecule has 1 fully saturated rings. The molecule has 1 heterocycles. The van der Waals surface area contributed by atoms with Crippen molar-refractivity contribution in [2.45, 2.75) is 58.5 Å². The highest BCUT2D eigenvalue weighted by Gasteiger charge is 2.28. The summed E-state index contributed by atoms with van der Waals surface area (Å²) in [4.78, 5) is 1.35. The standard InChI is InChI=1S/C15H24ClNS/c1-10(2)12-6-4-5-7-13(12)17-11(3)14-8-9-15(16)18-14/h8-13,17H,4-7H2,1-3H3. The summed E-state index contributed by atoms with van der Waals surface area (Å²) >= 11 is 7.71. The van der Waals surface area contributed by atoms with E-state index >= 15 is 0 Å². The van der Waals surface area contributed by atoms with Crippen molar-refractivity contribution >= 4 is 22.9 Å². The zero-order valence-electron chi connectivity index (χ0n) is 11.6. The van der Waals surface area contributed by atoms with Crippen LogP contribution in [0.4, 0.5) is 0 Å². The van der Waals surface area contributed by atoms with Gasteiger partial charge in [-0.05, 0) is 43.7 Å². The second-order valence-corrected chi connectivity index (χ2v) is 7.58. The van der Waals surface area contributed by atoms with Crippen LogP contribution in [0.15, 0.2) is 12.1 Å². The van der Waals surface area contributed by atoms with Crippen LogP contribution >= 0.6 is 22.9 Å². The van der Waals surface area contributed by atoms with E-state index < -0.39 is 0 Å². The van der Waals surface area contributed by atoms with Crippen molar-refractivity contribution in [2.75, 3.05) is 0 Å². The summed E-state index contributed by atoms with van der Waals surface area (Å²) in [6.45, 7) is 6.98. The molecule has 2 rings (SSSR count). The molecule has 1 aromatic rings. The summed E-state index contributed by atoms with van der Waals surface area (Å²) in [6.07, 6.45) is 5.48. The van der Waals surface area contributed by atoms with Crippen LogP contribution in [0.3, 0.4) is 0 Å². The molecule has 0 aromatic carbocycles. The highest BCUT2D eigenvalue weighted by Crippen LogP contribution is 2.33. The maximum absolute atomic E-state index is 6.02.